The van der Waals surface area contributed by atoms with Crippen LogP contribution in [-0.2, 0) is 4.79 Å². The molecule has 1 amide bonds. The number of benzene rings is 2. The lowest BCUT2D eigenvalue weighted by Crippen LogP contribution is -2.26. The molecule has 11 heteroatoms. The van der Waals surface area contributed by atoms with E-state index < -0.39 is 5.82 Å². The van der Waals surface area contributed by atoms with Gasteiger partial charge in [0.15, 0.2) is 11.5 Å². The highest BCUT2D eigenvalue weighted by atomic mass is 19.1. The van der Waals surface area contributed by atoms with Gasteiger partial charge in [0.05, 0.1) is 36.7 Å². The van der Waals surface area contributed by atoms with Crippen molar-refractivity contribution in [2.45, 2.75) is 12.8 Å². The number of halogens is 1. The third kappa shape index (κ3) is 5.94. The quantitative estimate of drug-likeness (QED) is 0.189. The minimum atomic E-state index is -0.574. The number of nitrogens with two attached hydrogens (primary N) is 1. The lowest BCUT2D eigenvalue weighted by atomic mass is 9.92. The van der Waals surface area contributed by atoms with E-state index in [-0.39, 0.29) is 34.7 Å². The van der Waals surface area contributed by atoms with Gasteiger partial charge in [-0.2, -0.15) is 0 Å². The predicted octanol–water partition coefficient (Wildman–Crippen LogP) is 5.46. The first-order valence-electron chi connectivity index (χ1n) is 13.9. The molecule has 0 spiro atoms. The van der Waals surface area contributed by atoms with Crippen LogP contribution in [-0.4, -0.2) is 65.8 Å². The van der Waals surface area contributed by atoms with E-state index in [0.717, 1.165) is 6.42 Å². The van der Waals surface area contributed by atoms with E-state index in [9.17, 15) is 4.79 Å². The number of hydrogen-bond donors (Lipinski definition) is 1. The van der Waals surface area contributed by atoms with E-state index >= 15 is 4.39 Å². The van der Waals surface area contributed by atoms with Gasteiger partial charge in [-0.05, 0) is 54.7 Å². The standard InChI is InChI=1S/C33H33FN6O4/c1-6-29(41)40-12-10-20(17-40)13-19(2)31-30(33(35)39-18-38-31)32(36-3)22-8-7-21(14-24(22)34)44-26-9-11-37-25-16-28(43-5)27(42-4)15-23(25)26/h6-9,11,14-16,18,20H,1-2,10,12-13,17H2,3-5H3,(H2,35,38,39)/t20-/m0/s1. The first-order chi connectivity index (χ1) is 21.3. The van der Waals surface area contributed by atoms with Crippen LogP contribution in [0.5, 0.6) is 23.0 Å². The van der Waals surface area contributed by atoms with Crippen molar-refractivity contribution in [2.24, 2.45) is 10.9 Å². The number of hydrogen-bond acceptors (Lipinski definition) is 9. The van der Waals surface area contributed by atoms with E-state index in [0.29, 0.717) is 64.5 Å². The second-order valence-electron chi connectivity index (χ2n) is 10.3. The summed E-state index contributed by atoms with van der Waals surface area (Å²) in [5, 5.41) is 0.669. The fraction of sp³-hybridized carbons (Fsp3) is 0.242. The van der Waals surface area contributed by atoms with Crippen molar-refractivity contribution < 1.29 is 23.4 Å². The minimum absolute atomic E-state index is 0.0922. The van der Waals surface area contributed by atoms with Gasteiger partial charge >= 0.3 is 0 Å². The van der Waals surface area contributed by atoms with Gasteiger partial charge in [-0.15, -0.1) is 0 Å². The number of fused-ring (bicyclic) bond motifs is 1. The zero-order valence-corrected chi connectivity index (χ0v) is 24.8. The average molecular weight is 597 g/mol. The molecule has 2 N–H and O–H groups in total. The van der Waals surface area contributed by atoms with Gasteiger partial charge in [-0.25, -0.2) is 14.4 Å². The molecule has 226 valence electrons. The molecule has 10 nitrogen and oxygen atoms in total. The Morgan fingerprint density at radius 3 is 2.61 bits per heavy atom. The van der Waals surface area contributed by atoms with Crippen molar-refractivity contribution in [3.63, 3.8) is 0 Å². The van der Waals surface area contributed by atoms with E-state index in [1.807, 2.05) is 0 Å². The molecule has 0 bridgehead atoms. The number of nitrogen functional groups attached to an aromatic ring is 1. The normalized spacial score (nSPS) is 14.9. The maximum atomic E-state index is 15.8. The number of nitrogens with zero attached hydrogens (tertiary/aromatic N) is 5. The lowest BCUT2D eigenvalue weighted by molar-refractivity contribution is -0.125. The molecule has 1 fully saturated rings. The van der Waals surface area contributed by atoms with E-state index in [1.165, 1.54) is 18.5 Å². The van der Waals surface area contributed by atoms with E-state index in [4.69, 9.17) is 19.9 Å². The summed E-state index contributed by atoms with van der Waals surface area (Å²) < 4.78 is 32.7. The summed E-state index contributed by atoms with van der Waals surface area (Å²) in [6, 6.07) is 9.71. The zero-order chi connectivity index (χ0) is 31.4. The van der Waals surface area contributed by atoms with Gasteiger partial charge < -0.3 is 24.8 Å². The Morgan fingerprint density at radius 2 is 1.91 bits per heavy atom. The summed E-state index contributed by atoms with van der Waals surface area (Å²) in [4.78, 5) is 31.2. The monoisotopic (exact) mass is 596 g/mol. The van der Waals surface area contributed by atoms with Crippen molar-refractivity contribution in [2.75, 3.05) is 40.1 Å². The Labute approximate surface area is 254 Å². The molecule has 4 aromatic rings. The SMILES string of the molecule is C=CC(=O)N1CC[C@@H](CC(=C)c2ncnc(N)c2C(=NC)c2ccc(Oc3ccnc4cc(OC)c(OC)cc34)cc2F)C1. The number of pyridine rings is 1. The molecule has 0 radical (unpaired) electrons. The number of carbonyl (C=O) groups is 1. The lowest BCUT2D eigenvalue weighted by Gasteiger charge is -2.18. The van der Waals surface area contributed by atoms with E-state index in [2.05, 4.69) is 33.1 Å². The molecule has 2 aromatic heterocycles. The summed E-state index contributed by atoms with van der Waals surface area (Å²) in [6.45, 7) is 9.08. The average Bonchev–Trinajstić information content (AvgIpc) is 3.50. The highest BCUT2D eigenvalue weighted by Crippen LogP contribution is 2.37. The van der Waals surface area contributed by atoms with Crippen LogP contribution >= 0.6 is 0 Å². The topological polar surface area (TPSA) is 125 Å². The van der Waals surface area contributed by atoms with Crippen molar-refractivity contribution in [3.8, 4) is 23.0 Å². The Kier molecular flexibility index (Phi) is 8.84. The van der Waals surface area contributed by atoms with Gasteiger partial charge in [0.2, 0.25) is 5.91 Å². The van der Waals surface area contributed by atoms with Crippen LogP contribution in [0.25, 0.3) is 16.5 Å². The molecule has 1 atom stereocenters. The zero-order valence-electron chi connectivity index (χ0n) is 24.8. The Balaban J connectivity index is 1.42. The van der Waals surface area contributed by atoms with Crippen molar-refractivity contribution >= 4 is 33.9 Å². The van der Waals surface area contributed by atoms with Gasteiger partial charge in [-0.3, -0.25) is 14.8 Å². The molecule has 44 heavy (non-hydrogen) atoms. The molecule has 2 aromatic carbocycles. The second kappa shape index (κ2) is 12.9. The smallest absolute Gasteiger partial charge is 0.245 e. The molecular weight excluding hydrogens is 563 g/mol. The van der Waals surface area contributed by atoms with Crippen LogP contribution in [0.2, 0.25) is 0 Å². The van der Waals surface area contributed by atoms with Crippen LogP contribution in [0.4, 0.5) is 10.2 Å². The highest BCUT2D eigenvalue weighted by molar-refractivity contribution is 6.17. The molecule has 0 unspecified atom stereocenters. The van der Waals surface area contributed by atoms with Crippen molar-refractivity contribution in [1.29, 1.82) is 0 Å². The third-order valence-electron chi connectivity index (χ3n) is 7.61. The Morgan fingerprint density at radius 1 is 1.14 bits per heavy atom. The van der Waals surface area contributed by atoms with Crippen molar-refractivity contribution in [3.05, 3.63) is 90.8 Å². The fourth-order valence-corrected chi connectivity index (χ4v) is 5.46. The summed E-state index contributed by atoms with van der Waals surface area (Å²) >= 11 is 0. The first-order valence-corrected chi connectivity index (χ1v) is 13.9. The number of aliphatic imine (C=N–C) groups is 1. The van der Waals surface area contributed by atoms with Crippen LogP contribution in [0.1, 0.15) is 29.7 Å². The predicted molar refractivity (Wildman–Crippen MR) is 168 cm³/mol. The van der Waals surface area contributed by atoms with Crippen LogP contribution in [0.3, 0.4) is 0 Å². The number of ether oxygens (including phenoxy) is 3. The Bertz CT molecular complexity index is 1790. The first kappa shape index (κ1) is 30.1. The molecule has 3 heterocycles. The third-order valence-corrected chi connectivity index (χ3v) is 7.61. The van der Waals surface area contributed by atoms with Crippen LogP contribution < -0.4 is 19.9 Å². The molecule has 5 rings (SSSR count). The Hall–Kier alpha value is -5.32. The fourth-order valence-electron chi connectivity index (χ4n) is 5.46. The minimum Gasteiger partial charge on any atom is -0.493 e. The molecule has 0 aliphatic carbocycles. The van der Waals surface area contributed by atoms with Gasteiger partial charge in [-0.1, -0.05) is 13.2 Å². The van der Waals surface area contributed by atoms with Gasteiger partial charge in [0, 0.05) is 49.4 Å². The number of likely N-dealkylation sites (tertiary alicyclic amines) is 1. The maximum absolute atomic E-state index is 15.8. The highest BCUT2D eigenvalue weighted by Gasteiger charge is 2.28. The van der Waals surface area contributed by atoms with E-state index in [1.54, 1.807) is 62.7 Å². The number of rotatable bonds is 10. The molecule has 1 aliphatic rings. The molecule has 1 aliphatic heterocycles. The van der Waals surface area contributed by atoms with Gasteiger partial charge in [0.1, 0.15) is 29.5 Å². The second-order valence-corrected chi connectivity index (χ2v) is 10.3. The number of anilines is 1. The van der Waals surface area contributed by atoms with Crippen LogP contribution in [0.15, 0.2) is 73.1 Å². The summed E-state index contributed by atoms with van der Waals surface area (Å²) in [7, 11) is 4.65. The van der Waals surface area contributed by atoms with Crippen molar-refractivity contribution in [1.82, 2.24) is 19.9 Å². The number of methoxy groups -OCH3 is 2. The number of amides is 1. The molecule has 0 saturated carbocycles. The van der Waals surface area contributed by atoms with Gasteiger partial charge in [0.25, 0.3) is 0 Å². The number of carbonyl (C=O) groups excluding carboxylic acids is 1. The summed E-state index contributed by atoms with van der Waals surface area (Å²) in [5.41, 5.74) is 9.02. The maximum Gasteiger partial charge on any atom is 0.245 e. The number of allylic oxidation sites excluding steroid dienone is 1. The summed E-state index contributed by atoms with van der Waals surface area (Å²) in [5.74, 6) is 1.46. The summed E-state index contributed by atoms with van der Waals surface area (Å²) in [6.07, 6.45) is 5.68. The molecular formula is C33H33FN6O4. The number of aromatic nitrogens is 3. The molecule has 1 saturated heterocycles. The van der Waals surface area contributed by atoms with Crippen LogP contribution in [0, 0.1) is 11.7 Å². The largest absolute Gasteiger partial charge is 0.493 e.